The van der Waals surface area contributed by atoms with E-state index in [0.29, 0.717) is 10.7 Å². The fraction of sp³-hybridized carbons (Fsp3) is 0.250. The Kier molecular flexibility index (Phi) is 2.88. The van der Waals surface area contributed by atoms with Gasteiger partial charge >= 0.3 is 0 Å². The first kappa shape index (κ1) is 11.0. The fourth-order valence-electron chi connectivity index (χ4n) is 1.58. The molecule has 0 atom stereocenters. The van der Waals surface area contributed by atoms with Gasteiger partial charge in [0.05, 0.1) is 10.5 Å². The summed E-state index contributed by atoms with van der Waals surface area (Å²) in [5.74, 6) is -0.109. The van der Waals surface area contributed by atoms with Gasteiger partial charge in [-0.05, 0) is 26.0 Å². The third-order valence-corrected chi connectivity index (χ3v) is 2.58. The Labute approximate surface area is 98.8 Å². The van der Waals surface area contributed by atoms with Gasteiger partial charge in [-0.2, -0.15) is 0 Å². The van der Waals surface area contributed by atoms with E-state index in [0.717, 1.165) is 10.9 Å². The van der Waals surface area contributed by atoms with Crippen LogP contribution in [0.25, 0.3) is 10.9 Å². The zero-order valence-electron chi connectivity index (χ0n) is 9.17. The summed E-state index contributed by atoms with van der Waals surface area (Å²) in [6, 6.07) is 7.50. The van der Waals surface area contributed by atoms with Crippen molar-refractivity contribution in [3.8, 4) is 0 Å². The summed E-state index contributed by atoms with van der Waals surface area (Å²) in [4.78, 5) is 14.8. The molecule has 0 aliphatic carbocycles. The molecule has 84 valence electrons. The molecule has 0 saturated carbocycles. The van der Waals surface area contributed by atoms with Crippen molar-refractivity contribution in [1.29, 1.82) is 0 Å². The molecule has 1 aromatic carbocycles. The highest BCUT2D eigenvalue weighted by Crippen LogP contribution is 2.23. The lowest BCUT2D eigenvalue weighted by Crippen LogP contribution is -2.30. The first-order valence-electron chi connectivity index (χ1n) is 5.16. The molecule has 0 radical (unpaired) electrons. The van der Waals surface area contributed by atoms with Gasteiger partial charge in [0.2, 0.25) is 0 Å². The lowest BCUT2D eigenvalue weighted by atomic mass is 10.2. The van der Waals surface area contributed by atoms with Crippen LogP contribution in [0.3, 0.4) is 0 Å². The van der Waals surface area contributed by atoms with Crippen molar-refractivity contribution < 1.29 is 4.79 Å². The number of carbonyl (C=O) groups is 1. The van der Waals surface area contributed by atoms with Crippen molar-refractivity contribution in [2.45, 2.75) is 19.9 Å². The number of benzene rings is 1. The third-order valence-electron chi connectivity index (χ3n) is 2.27. The van der Waals surface area contributed by atoms with E-state index in [1.54, 1.807) is 12.1 Å². The number of hydrogen-bond acceptors (Lipinski definition) is 1. The van der Waals surface area contributed by atoms with Crippen LogP contribution in [0.1, 0.15) is 24.3 Å². The van der Waals surface area contributed by atoms with Crippen LogP contribution in [0, 0.1) is 0 Å². The summed E-state index contributed by atoms with van der Waals surface area (Å²) in [5.41, 5.74) is 1.34. The molecule has 0 aliphatic rings. The van der Waals surface area contributed by atoms with Gasteiger partial charge in [0, 0.05) is 11.4 Å². The highest BCUT2D eigenvalue weighted by Gasteiger charge is 2.11. The monoisotopic (exact) mass is 236 g/mol. The molecular weight excluding hydrogens is 224 g/mol. The van der Waals surface area contributed by atoms with Gasteiger partial charge in [0.1, 0.15) is 5.69 Å². The molecule has 2 rings (SSSR count). The molecule has 0 bridgehead atoms. The Hall–Kier alpha value is -1.48. The number of aromatic amines is 1. The minimum Gasteiger partial charge on any atom is -0.349 e. The summed E-state index contributed by atoms with van der Waals surface area (Å²) in [6.45, 7) is 3.85. The normalized spacial score (nSPS) is 11.0. The number of aromatic nitrogens is 1. The van der Waals surface area contributed by atoms with Crippen molar-refractivity contribution in [3.63, 3.8) is 0 Å². The Bertz CT molecular complexity index is 531. The van der Waals surface area contributed by atoms with Gasteiger partial charge in [-0.15, -0.1) is 0 Å². The van der Waals surface area contributed by atoms with Gasteiger partial charge in [0.15, 0.2) is 0 Å². The molecule has 0 spiro atoms. The Morgan fingerprint density at radius 2 is 2.19 bits per heavy atom. The summed E-state index contributed by atoms with van der Waals surface area (Å²) < 4.78 is 0. The predicted octanol–water partition coefficient (Wildman–Crippen LogP) is 2.96. The lowest BCUT2D eigenvalue weighted by molar-refractivity contribution is 0.0939. The number of nitrogens with one attached hydrogen (secondary N) is 2. The van der Waals surface area contributed by atoms with Crippen LogP contribution in [0.5, 0.6) is 0 Å². The predicted molar refractivity (Wildman–Crippen MR) is 65.9 cm³/mol. The van der Waals surface area contributed by atoms with Crippen LogP contribution in [0.15, 0.2) is 24.3 Å². The number of hydrogen-bond donors (Lipinski definition) is 2. The molecule has 2 aromatic rings. The van der Waals surface area contributed by atoms with Gasteiger partial charge < -0.3 is 10.3 Å². The maximum Gasteiger partial charge on any atom is 0.267 e. The number of fused-ring (bicyclic) bond motifs is 1. The molecule has 4 heteroatoms. The number of amides is 1. The van der Waals surface area contributed by atoms with Crippen LogP contribution in [-0.4, -0.2) is 16.9 Å². The molecule has 1 aromatic heterocycles. The number of H-pyrrole nitrogens is 1. The summed E-state index contributed by atoms with van der Waals surface area (Å²) in [5, 5.41) is 4.40. The summed E-state index contributed by atoms with van der Waals surface area (Å²) in [7, 11) is 0. The largest absolute Gasteiger partial charge is 0.349 e. The average Bonchev–Trinajstić information content (AvgIpc) is 2.61. The number of para-hydroxylation sites is 1. The van der Waals surface area contributed by atoms with E-state index in [1.165, 1.54) is 0 Å². The third kappa shape index (κ3) is 2.04. The Morgan fingerprint density at radius 1 is 1.44 bits per heavy atom. The molecule has 16 heavy (non-hydrogen) atoms. The van der Waals surface area contributed by atoms with E-state index in [4.69, 9.17) is 11.6 Å². The Morgan fingerprint density at radius 3 is 2.81 bits per heavy atom. The number of carbonyl (C=O) groups excluding carboxylic acids is 1. The van der Waals surface area contributed by atoms with E-state index in [-0.39, 0.29) is 11.9 Å². The molecule has 0 fully saturated rings. The second kappa shape index (κ2) is 4.18. The van der Waals surface area contributed by atoms with Crippen LogP contribution < -0.4 is 5.32 Å². The van der Waals surface area contributed by atoms with E-state index >= 15 is 0 Å². The molecule has 1 heterocycles. The molecule has 0 aliphatic heterocycles. The second-order valence-corrected chi connectivity index (χ2v) is 4.42. The van der Waals surface area contributed by atoms with Crippen LogP contribution in [0.2, 0.25) is 5.02 Å². The van der Waals surface area contributed by atoms with Gasteiger partial charge in [0.25, 0.3) is 5.91 Å². The van der Waals surface area contributed by atoms with Gasteiger partial charge in [-0.25, -0.2) is 0 Å². The maximum absolute atomic E-state index is 11.8. The highest BCUT2D eigenvalue weighted by molar-refractivity contribution is 6.35. The van der Waals surface area contributed by atoms with E-state index in [1.807, 2.05) is 26.0 Å². The topological polar surface area (TPSA) is 44.9 Å². The standard InChI is InChI=1S/C12H13ClN2O/c1-7(2)14-12(16)10-6-8-4-3-5-9(13)11(8)15-10/h3-7,15H,1-2H3,(H,14,16). The van der Waals surface area contributed by atoms with Gasteiger partial charge in [-0.1, -0.05) is 23.7 Å². The zero-order valence-corrected chi connectivity index (χ0v) is 9.93. The molecule has 2 N–H and O–H groups in total. The van der Waals surface area contributed by atoms with Crippen LogP contribution in [0.4, 0.5) is 0 Å². The molecule has 0 unspecified atom stereocenters. The molecular formula is C12H13ClN2O. The quantitative estimate of drug-likeness (QED) is 0.827. The number of halogens is 1. The summed E-state index contributed by atoms with van der Waals surface area (Å²) >= 11 is 6.02. The minimum absolute atomic E-state index is 0.109. The fourth-order valence-corrected chi connectivity index (χ4v) is 1.81. The summed E-state index contributed by atoms with van der Waals surface area (Å²) in [6.07, 6.45) is 0. The SMILES string of the molecule is CC(C)NC(=O)c1cc2cccc(Cl)c2[nH]1. The first-order chi connectivity index (χ1) is 7.58. The lowest BCUT2D eigenvalue weighted by Gasteiger charge is -2.05. The molecule has 1 amide bonds. The second-order valence-electron chi connectivity index (χ2n) is 4.02. The van der Waals surface area contributed by atoms with Crippen LogP contribution >= 0.6 is 11.6 Å². The smallest absolute Gasteiger partial charge is 0.267 e. The minimum atomic E-state index is -0.109. The Balaban J connectivity index is 2.40. The maximum atomic E-state index is 11.8. The van der Waals surface area contributed by atoms with E-state index in [9.17, 15) is 4.79 Å². The van der Waals surface area contributed by atoms with Crippen LogP contribution in [-0.2, 0) is 0 Å². The zero-order chi connectivity index (χ0) is 11.7. The van der Waals surface area contributed by atoms with Crippen molar-refractivity contribution in [3.05, 3.63) is 35.0 Å². The molecule has 0 saturated heterocycles. The van der Waals surface area contributed by atoms with Crippen molar-refractivity contribution >= 4 is 28.4 Å². The van der Waals surface area contributed by atoms with E-state index < -0.39 is 0 Å². The van der Waals surface area contributed by atoms with Crippen molar-refractivity contribution in [1.82, 2.24) is 10.3 Å². The molecule has 3 nitrogen and oxygen atoms in total. The number of rotatable bonds is 2. The average molecular weight is 237 g/mol. The van der Waals surface area contributed by atoms with E-state index in [2.05, 4.69) is 10.3 Å². The van der Waals surface area contributed by atoms with Crippen molar-refractivity contribution in [2.24, 2.45) is 0 Å². The van der Waals surface area contributed by atoms with Gasteiger partial charge in [-0.3, -0.25) is 4.79 Å². The highest BCUT2D eigenvalue weighted by atomic mass is 35.5. The first-order valence-corrected chi connectivity index (χ1v) is 5.54. The van der Waals surface area contributed by atoms with Crippen molar-refractivity contribution in [2.75, 3.05) is 0 Å².